The number of hydrogen-bond donors (Lipinski definition) is 2. The van der Waals surface area contributed by atoms with Crippen LogP contribution in [0, 0.1) is 20.8 Å². The quantitative estimate of drug-likeness (QED) is 0.161. The van der Waals surface area contributed by atoms with Crippen molar-refractivity contribution in [1.82, 2.24) is 10.2 Å². The lowest BCUT2D eigenvalue weighted by atomic mass is 10.1. The summed E-state index contributed by atoms with van der Waals surface area (Å²) in [7, 11) is 14.6. The Morgan fingerprint density at radius 2 is 0.860 bits per heavy atom. The maximum absolute atomic E-state index is 11.9. The minimum absolute atomic E-state index is 0.0447. The summed E-state index contributed by atoms with van der Waals surface area (Å²) in [4.78, 5) is 40.3. The molecular weight excluding hydrogens is 929 g/mol. The first-order chi connectivity index (χ1) is 26.8. The molecule has 57 heavy (non-hydrogen) atoms. The van der Waals surface area contributed by atoms with Crippen LogP contribution >= 0.6 is 102 Å². The molecule has 7 nitrogen and oxygen atoms in total. The Kier molecular flexibility index (Phi) is 22.1. The summed E-state index contributed by atoms with van der Waals surface area (Å²) in [6.45, 7) is 5.92. The van der Waals surface area contributed by atoms with Gasteiger partial charge in [-0.1, -0.05) is 71.2 Å². The Morgan fingerprint density at radius 3 is 1.11 bits per heavy atom. The second-order valence-corrected chi connectivity index (χ2v) is 19.7. The highest BCUT2D eigenvalue weighted by molar-refractivity contribution is 8.26. The number of hydrogen-bond acceptors (Lipinski definition) is 8. The molecule has 0 saturated carbocycles. The van der Waals surface area contributed by atoms with Gasteiger partial charge in [-0.3, -0.25) is 9.59 Å². The number of rotatable bonds is 6. The average molecular weight is 968 g/mol. The fourth-order valence-corrected chi connectivity index (χ4v) is 8.09. The van der Waals surface area contributed by atoms with Crippen LogP contribution in [0.5, 0.6) is 0 Å². The highest BCUT2D eigenvalue weighted by Gasteiger charge is 2.15. The van der Waals surface area contributed by atoms with Gasteiger partial charge in [0, 0.05) is 65.2 Å². The number of aromatic carboxylic acids is 1. The van der Waals surface area contributed by atoms with Crippen LogP contribution in [0.4, 0.5) is 0 Å². The van der Waals surface area contributed by atoms with E-state index in [1.54, 1.807) is 37.2 Å². The van der Waals surface area contributed by atoms with Crippen LogP contribution in [-0.2, 0) is 9.23 Å². The zero-order valence-electron chi connectivity index (χ0n) is 31.6. The Bertz CT molecular complexity index is 2150. The van der Waals surface area contributed by atoms with Crippen molar-refractivity contribution in [3.8, 4) is 33.4 Å². The zero-order valence-corrected chi connectivity index (χ0v) is 39.4. The van der Waals surface area contributed by atoms with Gasteiger partial charge >= 0.3 is 5.97 Å². The second-order valence-electron chi connectivity index (χ2n) is 11.7. The molecule has 2 N–H and O–H groups in total. The molecule has 304 valence electrons. The van der Waals surface area contributed by atoms with Crippen molar-refractivity contribution < 1.29 is 23.7 Å². The van der Waals surface area contributed by atoms with Crippen molar-refractivity contribution >= 4 is 128 Å². The first kappa shape index (κ1) is 50.4. The molecule has 0 aliphatic rings. The Hall–Kier alpha value is -2.78. The number of nitrogens with zero attached hydrogens (tertiary/aromatic N) is 1. The Balaban J connectivity index is 0.000000273. The molecule has 1 amide bonds. The van der Waals surface area contributed by atoms with Crippen LogP contribution in [0.25, 0.3) is 33.4 Å². The summed E-state index contributed by atoms with van der Waals surface area (Å²) in [6, 6.07) is 28.0. The van der Waals surface area contributed by atoms with Gasteiger partial charge in [-0.2, -0.15) is 0 Å². The molecule has 0 unspecified atom stereocenters. The molecule has 0 fully saturated rings. The molecular formula is C40H38Cl6N2O5S4. The number of aryl methyl sites for hydroxylation is 3. The van der Waals surface area contributed by atoms with Gasteiger partial charge in [0.05, 0.1) is 9.75 Å². The third kappa shape index (κ3) is 16.8. The third-order valence-corrected chi connectivity index (χ3v) is 11.4. The third-order valence-electron chi connectivity index (χ3n) is 7.24. The number of carbonyl (C=O) groups is 3. The van der Waals surface area contributed by atoms with Gasteiger partial charge < -0.3 is 15.3 Å². The van der Waals surface area contributed by atoms with Crippen molar-refractivity contribution in [3.63, 3.8) is 0 Å². The Labute approximate surface area is 376 Å². The number of amides is 1. The molecule has 0 atom stereocenters. The molecule has 0 bridgehead atoms. The molecule has 0 saturated heterocycles. The number of halogens is 6. The van der Waals surface area contributed by atoms with Gasteiger partial charge in [0.2, 0.25) is 9.23 Å². The maximum Gasteiger partial charge on any atom is 0.345 e. The molecule has 6 rings (SSSR count). The number of carbonyl (C=O) groups excluding carboxylic acids is 2. The minimum Gasteiger partial charge on any atom is -0.477 e. The van der Waals surface area contributed by atoms with Crippen molar-refractivity contribution in [2.75, 3.05) is 28.2 Å². The van der Waals surface area contributed by atoms with Crippen LogP contribution in [-0.4, -0.2) is 59.5 Å². The summed E-state index contributed by atoms with van der Waals surface area (Å²) in [5.41, 5.74) is 6.21. The van der Waals surface area contributed by atoms with E-state index >= 15 is 0 Å². The van der Waals surface area contributed by atoms with E-state index < -0.39 is 20.4 Å². The first-order valence-electron chi connectivity index (χ1n) is 16.4. The van der Waals surface area contributed by atoms with Gasteiger partial charge in [0.25, 0.3) is 11.1 Å². The smallest absolute Gasteiger partial charge is 0.345 e. The number of thiophene rings is 3. The topological polar surface area (TPSA) is 104 Å². The lowest BCUT2D eigenvalue weighted by Crippen LogP contribution is -2.20. The second kappa shape index (κ2) is 25.0. The van der Waals surface area contributed by atoms with E-state index in [1.165, 1.54) is 34.0 Å². The fourth-order valence-electron chi connectivity index (χ4n) is 4.72. The maximum atomic E-state index is 11.9. The van der Waals surface area contributed by atoms with Gasteiger partial charge in [-0.15, -0.1) is 34.0 Å². The van der Waals surface area contributed by atoms with Crippen molar-refractivity contribution in [1.29, 1.82) is 0 Å². The van der Waals surface area contributed by atoms with E-state index in [4.69, 9.17) is 55.7 Å². The molecule has 0 aliphatic carbocycles. The van der Waals surface area contributed by atoms with Crippen LogP contribution < -0.4 is 5.32 Å². The molecule has 17 heteroatoms. The number of benzene rings is 3. The summed E-state index contributed by atoms with van der Waals surface area (Å²) in [5, 5.41) is 13.3. The predicted molar refractivity (Wildman–Crippen MR) is 248 cm³/mol. The SMILES string of the molecule is CNC.Cc1sc(C(=O)Cl)cc1-c1ccc(Cl)cc1.Cc1sc(C(=O)N(C)C)cc1-c1ccc(Cl)cc1.Cc1sc(C(=O)O)cc1-c1ccc(Cl)cc1.O=S(Cl)Cl. The highest BCUT2D eigenvalue weighted by atomic mass is 36.0. The summed E-state index contributed by atoms with van der Waals surface area (Å²) >= 11 is 27.2. The van der Waals surface area contributed by atoms with Crippen molar-refractivity contribution in [2.24, 2.45) is 0 Å². The van der Waals surface area contributed by atoms with Crippen molar-refractivity contribution in [3.05, 3.63) is 135 Å². The summed E-state index contributed by atoms with van der Waals surface area (Å²) in [5.74, 6) is -0.836. The van der Waals surface area contributed by atoms with E-state index in [-0.39, 0.29) is 5.91 Å². The van der Waals surface area contributed by atoms with Crippen LogP contribution in [0.1, 0.15) is 43.6 Å². The summed E-state index contributed by atoms with van der Waals surface area (Å²) < 4.78 is 9.09. The van der Waals surface area contributed by atoms with E-state index in [2.05, 4.69) is 26.7 Å². The minimum atomic E-state index is -1.67. The standard InChI is InChI=1S/C14H14ClNOS.C12H8Cl2OS.C12H9ClO2S.C2H7N.Cl2OS/c1-9-12(10-4-6-11(15)7-5-10)8-13(18-9)14(17)16(2)3;2*1-7-10(6-11(16-7)12(14)15)8-2-4-9(13)5-3-8;1-3-2;1-4(2)3/h4-8H,1-3H3;2-6H,1H3;2-6H,1H3,(H,14,15);3H,1-2H3;. The van der Waals surface area contributed by atoms with Gasteiger partial charge in [0.15, 0.2) is 0 Å². The lowest BCUT2D eigenvalue weighted by Gasteiger charge is -2.07. The average Bonchev–Trinajstić information content (AvgIpc) is 3.86. The molecule has 0 radical (unpaired) electrons. The van der Waals surface area contributed by atoms with Crippen LogP contribution in [0.3, 0.4) is 0 Å². The molecule has 0 spiro atoms. The fraction of sp³-hybridized carbons (Fsp3) is 0.175. The molecule has 6 aromatic rings. The van der Waals surface area contributed by atoms with Crippen LogP contribution in [0.15, 0.2) is 91.0 Å². The van der Waals surface area contributed by atoms with Gasteiger partial charge in [-0.05, 0) is 134 Å². The number of carboxylic acids is 1. The lowest BCUT2D eigenvalue weighted by molar-refractivity contribution is 0.0701. The first-order valence-corrected chi connectivity index (χ1v) is 23.1. The highest BCUT2D eigenvalue weighted by Crippen LogP contribution is 2.34. The molecule has 0 aliphatic heterocycles. The van der Waals surface area contributed by atoms with E-state index in [0.29, 0.717) is 19.8 Å². The van der Waals surface area contributed by atoms with E-state index in [1.807, 2.05) is 108 Å². The van der Waals surface area contributed by atoms with Crippen molar-refractivity contribution in [2.45, 2.75) is 20.8 Å². The van der Waals surface area contributed by atoms with Gasteiger partial charge in [0.1, 0.15) is 4.88 Å². The largest absolute Gasteiger partial charge is 0.477 e. The molecule has 3 aromatic heterocycles. The van der Waals surface area contributed by atoms with Crippen LogP contribution in [0.2, 0.25) is 15.1 Å². The van der Waals surface area contributed by atoms with E-state index in [0.717, 1.165) is 57.9 Å². The molecule has 3 aromatic carbocycles. The predicted octanol–water partition coefficient (Wildman–Crippen LogP) is 13.8. The van der Waals surface area contributed by atoms with Gasteiger partial charge in [-0.25, -0.2) is 9.00 Å². The molecule has 3 heterocycles. The zero-order chi connectivity index (χ0) is 43.0. The monoisotopic (exact) mass is 964 g/mol. The number of carboxylic acid groups (broad SMARTS) is 1. The Morgan fingerprint density at radius 1 is 0.596 bits per heavy atom. The normalized spacial score (nSPS) is 10.1. The van der Waals surface area contributed by atoms with E-state index in [9.17, 15) is 14.4 Å². The number of nitrogens with one attached hydrogen (secondary N) is 1. The summed E-state index contributed by atoms with van der Waals surface area (Å²) in [6.07, 6.45) is 0.